The van der Waals surface area contributed by atoms with Crippen LogP contribution in [0.15, 0.2) is 35.0 Å². The molecular weight excluding hydrogens is 321 g/mol. The zero-order valence-corrected chi connectivity index (χ0v) is 13.9. The highest BCUT2D eigenvalue weighted by atomic mass is 19.1. The second-order valence-electron chi connectivity index (χ2n) is 6.85. The molecule has 3 aliphatic rings. The van der Waals surface area contributed by atoms with Gasteiger partial charge in [-0.25, -0.2) is 14.4 Å². The van der Waals surface area contributed by atoms with Crippen LogP contribution in [-0.2, 0) is 6.54 Å². The molecule has 3 aliphatic heterocycles. The monoisotopic (exact) mass is 339 g/mol. The lowest BCUT2D eigenvalue weighted by Crippen LogP contribution is -2.68. The molecule has 0 spiro atoms. The molecule has 5 heterocycles. The summed E-state index contributed by atoms with van der Waals surface area (Å²) in [6.45, 7) is 4.57. The summed E-state index contributed by atoms with van der Waals surface area (Å²) >= 11 is 0. The maximum Gasteiger partial charge on any atom is 0.170 e. The molecule has 128 valence electrons. The summed E-state index contributed by atoms with van der Waals surface area (Å²) in [5.41, 5.74) is 1.40. The first-order valence-electron chi connectivity index (χ1n) is 8.51. The number of rotatable bonds is 3. The molecule has 2 bridgehead atoms. The molecule has 1 aromatic carbocycles. The van der Waals surface area contributed by atoms with Gasteiger partial charge in [0, 0.05) is 49.4 Å². The van der Waals surface area contributed by atoms with E-state index in [9.17, 15) is 4.39 Å². The van der Waals surface area contributed by atoms with Gasteiger partial charge in [-0.05, 0) is 31.5 Å². The predicted octanol–water partition coefficient (Wildman–Crippen LogP) is 2.53. The Bertz CT molecular complexity index is 930. The number of halogens is 1. The Morgan fingerprint density at radius 1 is 1.24 bits per heavy atom. The lowest BCUT2D eigenvalue weighted by molar-refractivity contribution is -0.0100. The summed E-state index contributed by atoms with van der Waals surface area (Å²) < 4.78 is 18.6. The van der Waals surface area contributed by atoms with Gasteiger partial charge in [0.05, 0.1) is 0 Å². The minimum Gasteiger partial charge on any atom is -0.356 e. The first kappa shape index (κ1) is 14.8. The SMILES string of the molecule is Cc1nccc(N2CC3CC(C2)N3Cc2noc3cc(F)ccc23)n1. The molecule has 0 saturated carbocycles. The van der Waals surface area contributed by atoms with Crippen LogP contribution in [0.2, 0.25) is 0 Å². The van der Waals surface area contributed by atoms with Crippen LogP contribution in [0, 0.1) is 12.7 Å². The molecule has 0 aliphatic carbocycles. The van der Waals surface area contributed by atoms with Crippen molar-refractivity contribution in [1.29, 1.82) is 0 Å². The maximum absolute atomic E-state index is 13.3. The van der Waals surface area contributed by atoms with Gasteiger partial charge in [0.15, 0.2) is 5.58 Å². The smallest absolute Gasteiger partial charge is 0.170 e. The zero-order chi connectivity index (χ0) is 17.0. The Labute approximate surface area is 144 Å². The van der Waals surface area contributed by atoms with Gasteiger partial charge >= 0.3 is 0 Å². The Hall–Kier alpha value is -2.54. The molecule has 6 nitrogen and oxygen atoms in total. The van der Waals surface area contributed by atoms with Crippen LogP contribution < -0.4 is 4.90 Å². The zero-order valence-electron chi connectivity index (χ0n) is 13.9. The van der Waals surface area contributed by atoms with Gasteiger partial charge in [0.2, 0.25) is 0 Å². The summed E-state index contributed by atoms with van der Waals surface area (Å²) in [6, 6.07) is 7.55. The molecule has 0 amide bonds. The van der Waals surface area contributed by atoms with Crippen molar-refractivity contribution in [3.05, 3.63) is 47.8 Å². The van der Waals surface area contributed by atoms with Gasteiger partial charge < -0.3 is 9.42 Å². The van der Waals surface area contributed by atoms with Gasteiger partial charge in [-0.3, -0.25) is 4.90 Å². The summed E-state index contributed by atoms with van der Waals surface area (Å²) in [5, 5.41) is 5.05. The average Bonchev–Trinajstić information content (AvgIpc) is 3.01. The molecular formula is C18H18FN5O. The van der Waals surface area contributed by atoms with Crippen molar-refractivity contribution < 1.29 is 8.91 Å². The second kappa shape index (κ2) is 5.49. The molecule has 3 saturated heterocycles. The second-order valence-corrected chi connectivity index (χ2v) is 6.85. The molecule has 2 atom stereocenters. The number of hydrogen-bond acceptors (Lipinski definition) is 6. The Morgan fingerprint density at radius 2 is 2.08 bits per heavy atom. The number of aryl methyl sites for hydroxylation is 1. The quantitative estimate of drug-likeness (QED) is 0.731. The molecule has 2 aromatic heterocycles. The third-order valence-corrected chi connectivity index (χ3v) is 5.27. The number of anilines is 1. The molecule has 25 heavy (non-hydrogen) atoms. The standard InChI is InChI=1S/C18H18FN5O/c1-11-20-5-4-18(21-11)23-8-13-7-14(9-23)24(13)10-16-15-3-2-12(19)6-17(15)25-22-16/h2-6,13-14H,7-10H2,1H3. The van der Waals surface area contributed by atoms with Gasteiger partial charge in [-0.15, -0.1) is 0 Å². The number of benzene rings is 1. The van der Waals surface area contributed by atoms with Crippen LogP contribution in [0.1, 0.15) is 17.9 Å². The highest BCUT2D eigenvalue weighted by Crippen LogP contribution is 2.36. The van der Waals surface area contributed by atoms with Gasteiger partial charge in [-0.1, -0.05) is 5.16 Å². The number of aromatic nitrogens is 3. The van der Waals surface area contributed by atoms with Gasteiger partial charge in [0.25, 0.3) is 0 Å². The molecule has 6 rings (SSSR count). The van der Waals surface area contributed by atoms with Crippen molar-refractivity contribution in [1.82, 2.24) is 20.0 Å². The van der Waals surface area contributed by atoms with Crippen LogP contribution in [0.25, 0.3) is 11.0 Å². The van der Waals surface area contributed by atoms with Crippen molar-refractivity contribution in [3.8, 4) is 0 Å². The van der Waals surface area contributed by atoms with Crippen LogP contribution in [-0.4, -0.2) is 45.2 Å². The van der Waals surface area contributed by atoms with E-state index in [1.807, 2.05) is 19.2 Å². The van der Waals surface area contributed by atoms with E-state index in [-0.39, 0.29) is 5.82 Å². The van der Waals surface area contributed by atoms with Crippen molar-refractivity contribution in [2.45, 2.75) is 32.0 Å². The number of piperidine rings is 1. The van der Waals surface area contributed by atoms with Crippen LogP contribution in [0.3, 0.4) is 0 Å². The van der Waals surface area contributed by atoms with E-state index in [0.29, 0.717) is 17.7 Å². The van der Waals surface area contributed by atoms with Crippen LogP contribution in [0.4, 0.5) is 10.2 Å². The number of piperazine rings is 1. The van der Waals surface area contributed by atoms with E-state index in [4.69, 9.17) is 4.52 Å². The third kappa shape index (κ3) is 2.46. The van der Waals surface area contributed by atoms with E-state index >= 15 is 0 Å². The van der Waals surface area contributed by atoms with Gasteiger partial charge in [0.1, 0.15) is 23.2 Å². The average molecular weight is 339 g/mol. The van der Waals surface area contributed by atoms with Crippen LogP contribution >= 0.6 is 0 Å². The number of fused-ring (bicyclic) bond motifs is 3. The summed E-state index contributed by atoms with van der Waals surface area (Å²) in [6.07, 6.45) is 3.02. The third-order valence-electron chi connectivity index (χ3n) is 5.27. The normalized spacial score (nSPS) is 23.0. The fraction of sp³-hybridized carbons (Fsp3) is 0.389. The Balaban J connectivity index is 1.33. The molecule has 7 heteroatoms. The molecule has 3 aromatic rings. The lowest BCUT2D eigenvalue weighted by atomic mass is 9.87. The summed E-state index contributed by atoms with van der Waals surface area (Å²) in [5.74, 6) is 1.51. The van der Waals surface area contributed by atoms with Crippen molar-refractivity contribution in [2.75, 3.05) is 18.0 Å². The fourth-order valence-corrected chi connectivity index (χ4v) is 4.00. The van der Waals surface area contributed by atoms with Crippen LogP contribution in [0.5, 0.6) is 0 Å². The molecule has 3 fully saturated rings. The topological polar surface area (TPSA) is 58.3 Å². The first-order valence-corrected chi connectivity index (χ1v) is 8.51. The number of nitrogens with zero attached hydrogens (tertiary/aromatic N) is 5. The van der Waals surface area contributed by atoms with E-state index < -0.39 is 0 Å². The lowest BCUT2D eigenvalue weighted by Gasteiger charge is -2.56. The summed E-state index contributed by atoms with van der Waals surface area (Å²) in [7, 11) is 0. The van der Waals surface area contributed by atoms with E-state index in [1.54, 1.807) is 6.07 Å². The van der Waals surface area contributed by atoms with Crippen molar-refractivity contribution >= 4 is 16.8 Å². The fourth-order valence-electron chi connectivity index (χ4n) is 4.00. The van der Waals surface area contributed by atoms with E-state index in [0.717, 1.165) is 42.4 Å². The summed E-state index contributed by atoms with van der Waals surface area (Å²) in [4.78, 5) is 13.5. The van der Waals surface area contributed by atoms with E-state index in [1.165, 1.54) is 18.6 Å². The minimum absolute atomic E-state index is 0.299. The molecule has 2 unspecified atom stereocenters. The highest BCUT2D eigenvalue weighted by molar-refractivity contribution is 5.79. The van der Waals surface area contributed by atoms with Gasteiger partial charge in [-0.2, -0.15) is 0 Å². The predicted molar refractivity (Wildman–Crippen MR) is 90.7 cm³/mol. The van der Waals surface area contributed by atoms with E-state index in [2.05, 4.69) is 24.9 Å². The van der Waals surface area contributed by atoms with Crippen molar-refractivity contribution in [2.24, 2.45) is 0 Å². The minimum atomic E-state index is -0.299. The maximum atomic E-state index is 13.3. The highest BCUT2D eigenvalue weighted by Gasteiger charge is 2.45. The van der Waals surface area contributed by atoms with Crippen molar-refractivity contribution in [3.63, 3.8) is 0 Å². The molecule has 0 N–H and O–H groups in total. The largest absolute Gasteiger partial charge is 0.356 e. The first-order chi connectivity index (χ1) is 12.2. The Kier molecular flexibility index (Phi) is 3.24. The molecule has 0 radical (unpaired) electrons. The Morgan fingerprint density at radius 3 is 2.88 bits per heavy atom. The number of hydrogen-bond donors (Lipinski definition) is 0.